The molecule has 1 aromatic heterocycles. The maximum absolute atomic E-state index is 5.61. The number of thiocarbonyl (C=S) groups is 1. The number of nitrogens with two attached hydrogens (primary N) is 1. The molecule has 0 fully saturated rings. The number of aromatic nitrogens is 1. The van der Waals surface area contributed by atoms with Crippen LogP contribution in [-0.2, 0) is 0 Å². The first kappa shape index (κ1) is 8.97. The highest BCUT2D eigenvalue weighted by molar-refractivity contribution is 7.80. The molecule has 0 aliphatic rings. The largest absolute Gasteiger partial charge is 0.389 e. The van der Waals surface area contributed by atoms with Gasteiger partial charge in [0, 0.05) is 11.8 Å². The summed E-state index contributed by atoms with van der Waals surface area (Å²) in [6, 6.07) is 11.9. The van der Waals surface area contributed by atoms with E-state index in [-0.39, 0.29) is 0 Å². The molecule has 0 aliphatic heterocycles. The number of benzene rings is 1. The van der Waals surface area contributed by atoms with Gasteiger partial charge in [-0.2, -0.15) is 0 Å². The van der Waals surface area contributed by atoms with Crippen LogP contribution in [0.25, 0.3) is 11.3 Å². The Morgan fingerprint density at radius 3 is 2.50 bits per heavy atom. The third-order valence-electron chi connectivity index (χ3n) is 2.07. The molecular weight excluding hydrogens is 192 g/mol. The lowest BCUT2D eigenvalue weighted by atomic mass is 10.1. The summed E-state index contributed by atoms with van der Waals surface area (Å²) in [4.78, 5) is 3.56. The van der Waals surface area contributed by atoms with Gasteiger partial charge in [-0.25, -0.2) is 0 Å². The lowest BCUT2D eigenvalue weighted by molar-refractivity contribution is 1.40. The van der Waals surface area contributed by atoms with Gasteiger partial charge in [-0.05, 0) is 11.6 Å². The summed E-state index contributed by atoms with van der Waals surface area (Å²) < 4.78 is 0. The minimum Gasteiger partial charge on any atom is -0.389 e. The minimum atomic E-state index is 0.421. The molecule has 0 aliphatic carbocycles. The fraction of sp³-hybridized carbons (Fsp3) is 0. The van der Waals surface area contributed by atoms with E-state index in [4.69, 9.17) is 18.0 Å². The highest BCUT2D eigenvalue weighted by Gasteiger charge is 2.07. The quantitative estimate of drug-likeness (QED) is 0.734. The Morgan fingerprint density at radius 1 is 1.14 bits per heavy atom. The molecule has 0 radical (unpaired) electrons. The van der Waals surface area contributed by atoms with Crippen LogP contribution in [-0.4, -0.2) is 9.97 Å². The van der Waals surface area contributed by atoms with Crippen LogP contribution in [0, 0.1) is 0 Å². The molecule has 0 saturated carbocycles. The standard InChI is InChI=1S/C11H10N2S/c12-11(14)9-6-7-13-10(9)8-4-2-1-3-5-8/h1-7,13H,(H2,12,14). The molecule has 2 rings (SSSR count). The molecule has 2 nitrogen and oxygen atoms in total. The van der Waals surface area contributed by atoms with E-state index in [9.17, 15) is 0 Å². The molecular formula is C11H10N2S. The van der Waals surface area contributed by atoms with Crippen molar-refractivity contribution in [3.05, 3.63) is 48.2 Å². The highest BCUT2D eigenvalue weighted by atomic mass is 32.1. The summed E-state index contributed by atoms with van der Waals surface area (Å²) in [5.41, 5.74) is 8.58. The van der Waals surface area contributed by atoms with E-state index in [2.05, 4.69) is 4.98 Å². The van der Waals surface area contributed by atoms with Gasteiger partial charge in [0.05, 0.1) is 5.69 Å². The number of hydrogen-bond donors (Lipinski definition) is 2. The lowest BCUT2D eigenvalue weighted by Crippen LogP contribution is -2.09. The number of hydrogen-bond acceptors (Lipinski definition) is 1. The SMILES string of the molecule is NC(=S)c1cc[nH]c1-c1ccccc1. The summed E-state index contributed by atoms with van der Waals surface area (Å²) in [5, 5.41) is 0. The van der Waals surface area contributed by atoms with Crippen molar-refractivity contribution in [1.82, 2.24) is 4.98 Å². The summed E-state index contributed by atoms with van der Waals surface area (Å²) in [6.45, 7) is 0. The van der Waals surface area contributed by atoms with Crippen molar-refractivity contribution in [2.45, 2.75) is 0 Å². The fourth-order valence-corrected chi connectivity index (χ4v) is 1.59. The summed E-state index contributed by atoms with van der Waals surface area (Å²) in [7, 11) is 0. The Bertz CT molecular complexity index is 445. The van der Waals surface area contributed by atoms with Gasteiger partial charge in [-0.3, -0.25) is 0 Å². The summed E-state index contributed by atoms with van der Waals surface area (Å²) >= 11 is 4.96. The molecule has 3 heteroatoms. The van der Waals surface area contributed by atoms with Crippen LogP contribution >= 0.6 is 12.2 Å². The van der Waals surface area contributed by atoms with Crippen molar-refractivity contribution < 1.29 is 0 Å². The molecule has 3 N–H and O–H groups in total. The van der Waals surface area contributed by atoms with E-state index in [1.54, 1.807) is 0 Å². The number of rotatable bonds is 2. The average molecular weight is 202 g/mol. The minimum absolute atomic E-state index is 0.421. The maximum Gasteiger partial charge on any atom is 0.106 e. The normalized spacial score (nSPS) is 10.0. The van der Waals surface area contributed by atoms with Crippen molar-refractivity contribution in [2.75, 3.05) is 0 Å². The van der Waals surface area contributed by atoms with E-state index in [1.807, 2.05) is 42.6 Å². The Balaban J connectivity index is 2.52. The Hall–Kier alpha value is -1.61. The van der Waals surface area contributed by atoms with E-state index in [1.165, 1.54) is 0 Å². The maximum atomic E-state index is 5.61. The fourth-order valence-electron chi connectivity index (χ4n) is 1.42. The second-order valence-electron chi connectivity index (χ2n) is 3.00. The van der Waals surface area contributed by atoms with Gasteiger partial charge < -0.3 is 10.7 Å². The van der Waals surface area contributed by atoms with Crippen molar-refractivity contribution in [3.8, 4) is 11.3 Å². The van der Waals surface area contributed by atoms with Gasteiger partial charge in [-0.15, -0.1) is 0 Å². The van der Waals surface area contributed by atoms with Crippen LogP contribution in [0.5, 0.6) is 0 Å². The summed E-state index contributed by atoms with van der Waals surface area (Å²) in [6.07, 6.45) is 1.84. The Kier molecular flexibility index (Phi) is 2.33. The van der Waals surface area contributed by atoms with E-state index >= 15 is 0 Å². The Morgan fingerprint density at radius 2 is 1.86 bits per heavy atom. The van der Waals surface area contributed by atoms with Crippen LogP contribution in [0.15, 0.2) is 42.6 Å². The molecule has 0 amide bonds. The van der Waals surface area contributed by atoms with Crippen molar-refractivity contribution in [3.63, 3.8) is 0 Å². The molecule has 0 bridgehead atoms. The van der Waals surface area contributed by atoms with Crippen molar-refractivity contribution in [2.24, 2.45) is 5.73 Å². The van der Waals surface area contributed by atoms with E-state index in [0.717, 1.165) is 16.8 Å². The third kappa shape index (κ3) is 1.54. The van der Waals surface area contributed by atoms with Gasteiger partial charge in [0.25, 0.3) is 0 Å². The van der Waals surface area contributed by atoms with Gasteiger partial charge in [0.2, 0.25) is 0 Å². The molecule has 0 unspecified atom stereocenters. The number of H-pyrrole nitrogens is 1. The molecule has 14 heavy (non-hydrogen) atoms. The average Bonchev–Trinajstić information content (AvgIpc) is 2.67. The third-order valence-corrected chi connectivity index (χ3v) is 2.29. The second kappa shape index (κ2) is 3.64. The lowest BCUT2D eigenvalue weighted by Gasteiger charge is -2.01. The first-order valence-corrected chi connectivity index (χ1v) is 4.72. The van der Waals surface area contributed by atoms with Crippen molar-refractivity contribution >= 4 is 17.2 Å². The number of nitrogens with one attached hydrogen (secondary N) is 1. The highest BCUT2D eigenvalue weighted by Crippen LogP contribution is 2.21. The predicted octanol–water partition coefficient (Wildman–Crippen LogP) is 2.32. The molecule has 1 heterocycles. The zero-order valence-corrected chi connectivity index (χ0v) is 8.34. The number of aromatic amines is 1. The van der Waals surface area contributed by atoms with Gasteiger partial charge >= 0.3 is 0 Å². The van der Waals surface area contributed by atoms with Gasteiger partial charge in [0.15, 0.2) is 0 Å². The second-order valence-corrected chi connectivity index (χ2v) is 3.44. The smallest absolute Gasteiger partial charge is 0.106 e. The molecule has 1 aromatic carbocycles. The Labute approximate surface area is 87.8 Å². The van der Waals surface area contributed by atoms with E-state index in [0.29, 0.717) is 4.99 Å². The van der Waals surface area contributed by atoms with Crippen LogP contribution in [0.4, 0.5) is 0 Å². The molecule has 70 valence electrons. The monoisotopic (exact) mass is 202 g/mol. The molecule has 0 saturated heterocycles. The first-order chi connectivity index (χ1) is 6.79. The van der Waals surface area contributed by atoms with Crippen LogP contribution < -0.4 is 5.73 Å². The van der Waals surface area contributed by atoms with Gasteiger partial charge in [0.1, 0.15) is 4.99 Å². The molecule has 0 spiro atoms. The summed E-state index contributed by atoms with van der Waals surface area (Å²) in [5.74, 6) is 0. The molecule has 2 aromatic rings. The first-order valence-electron chi connectivity index (χ1n) is 4.31. The zero-order chi connectivity index (χ0) is 9.97. The van der Waals surface area contributed by atoms with Crippen LogP contribution in [0.1, 0.15) is 5.56 Å². The van der Waals surface area contributed by atoms with Crippen LogP contribution in [0.3, 0.4) is 0 Å². The molecule has 0 atom stereocenters. The van der Waals surface area contributed by atoms with E-state index < -0.39 is 0 Å². The van der Waals surface area contributed by atoms with Crippen LogP contribution in [0.2, 0.25) is 0 Å². The van der Waals surface area contributed by atoms with Crippen molar-refractivity contribution in [1.29, 1.82) is 0 Å². The topological polar surface area (TPSA) is 41.8 Å². The predicted molar refractivity (Wildman–Crippen MR) is 62.1 cm³/mol. The zero-order valence-electron chi connectivity index (χ0n) is 7.53. The van der Waals surface area contributed by atoms with Gasteiger partial charge in [-0.1, -0.05) is 42.5 Å².